The molecule has 0 fully saturated rings. The minimum atomic E-state index is 0.557. The lowest BCUT2D eigenvalue weighted by molar-refractivity contribution is 0.174. The number of fused-ring (bicyclic) bond motifs is 2. The Bertz CT molecular complexity index is 1160. The molecule has 6 rings (SSSR count). The standard InChI is InChI=1S/C20H18N4O4S2/c1-23-11(17-15-13(9-29-17)25-3-5-27-15)7-21-19(23)20-22-8-12(24(20)2)18-16-14(10-30-18)26-4-6-28-16/h7-10H,3-6H2,1-2H3. The SMILES string of the molecule is Cn1c(-c2scc3c2OCCO3)cnc1-c1ncc(-c2scc3c2OCCO3)n1C. The number of thiophene rings is 2. The van der Waals surface area contributed by atoms with Crippen molar-refractivity contribution in [2.45, 2.75) is 0 Å². The molecule has 0 unspecified atom stereocenters. The molecule has 0 aromatic carbocycles. The van der Waals surface area contributed by atoms with Crippen molar-refractivity contribution >= 4 is 22.7 Å². The summed E-state index contributed by atoms with van der Waals surface area (Å²) in [6.07, 6.45) is 3.72. The molecular formula is C20H18N4O4S2. The average Bonchev–Trinajstić information content (AvgIpc) is 3.53. The molecule has 4 aromatic heterocycles. The first-order valence-electron chi connectivity index (χ1n) is 9.51. The van der Waals surface area contributed by atoms with Gasteiger partial charge in [-0.2, -0.15) is 0 Å². The Balaban J connectivity index is 1.40. The van der Waals surface area contributed by atoms with E-state index in [9.17, 15) is 0 Å². The third kappa shape index (κ3) is 2.56. The van der Waals surface area contributed by atoms with E-state index in [1.54, 1.807) is 22.7 Å². The fourth-order valence-corrected chi connectivity index (χ4v) is 5.69. The van der Waals surface area contributed by atoms with Crippen molar-refractivity contribution in [3.05, 3.63) is 23.2 Å². The van der Waals surface area contributed by atoms with Crippen LogP contribution in [-0.4, -0.2) is 45.5 Å². The molecule has 0 bridgehead atoms. The molecule has 4 aromatic rings. The van der Waals surface area contributed by atoms with Crippen LogP contribution < -0.4 is 18.9 Å². The Hall–Kier alpha value is -2.98. The molecule has 0 amide bonds. The van der Waals surface area contributed by atoms with Crippen LogP contribution in [0.4, 0.5) is 0 Å². The van der Waals surface area contributed by atoms with Gasteiger partial charge < -0.3 is 28.1 Å². The minimum Gasteiger partial charge on any atom is -0.485 e. The molecule has 154 valence electrons. The molecule has 0 N–H and O–H groups in total. The summed E-state index contributed by atoms with van der Waals surface area (Å²) in [5.74, 6) is 4.74. The number of hydrogen-bond acceptors (Lipinski definition) is 8. The van der Waals surface area contributed by atoms with Crippen molar-refractivity contribution in [2.75, 3.05) is 26.4 Å². The van der Waals surface area contributed by atoms with Crippen LogP contribution in [0.3, 0.4) is 0 Å². The Morgan fingerprint density at radius 3 is 1.60 bits per heavy atom. The molecule has 10 heteroatoms. The zero-order valence-corrected chi connectivity index (χ0v) is 18.0. The molecule has 0 aliphatic carbocycles. The van der Waals surface area contributed by atoms with Crippen molar-refractivity contribution in [3.8, 4) is 55.8 Å². The predicted octanol–water partition coefficient (Wildman–Crippen LogP) is 3.82. The Kier molecular flexibility index (Phi) is 4.03. The molecule has 0 saturated carbocycles. The van der Waals surface area contributed by atoms with Crippen LogP contribution >= 0.6 is 22.7 Å². The normalized spacial score (nSPS) is 14.9. The smallest absolute Gasteiger partial charge is 0.181 e. The number of hydrogen-bond donors (Lipinski definition) is 0. The van der Waals surface area contributed by atoms with Crippen LogP contribution in [0.2, 0.25) is 0 Å². The Morgan fingerprint density at radius 2 is 1.13 bits per heavy atom. The van der Waals surface area contributed by atoms with E-state index in [2.05, 4.69) is 9.97 Å². The summed E-state index contributed by atoms with van der Waals surface area (Å²) in [6.45, 7) is 2.27. The van der Waals surface area contributed by atoms with Crippen molar-refractivity contribution in [1.82, 2.24) is 19.1 Å². The molecule has 6 heterocycles. The molecule has 0 atom stereocenters. The molecule has 2 aliphatic heterocycles. The monoisotopic (exact) mass is 442 g/mol. The number of rotatable bonds is 3. The van der Waals surface area contributed by atoms with Gasteiger partial charge in [-0.05, 0) is 0 Å². The second kappa shape index (κ2) is 6.78. The maximum absolute atomic E-state index is 5.85. The molecule has 0 spiro atoms. The summed E-state index contributed by atoms with van der Waals surface area (Å²) >= 11 is 3.19. The van der Waals surface area contributed by atoms with Crippen molar-refractivity contribution in [1.29, 1.82) is 0 Å². The lowest BCUT2D eigenvalue weighted by Crippen LogP contribution is -2.14. The second-order valence-corrected chi connectivity index (χ2v) is 8.72. The first-order valence-corrected chi connectivity index (χ1v) is 11.3. The first kappa shape index (κ1) is 17.8. The Labute approximate surface area is 180 Å². The van der Waals surface area contributed by atoms with E-state index in [1.165, 1.54) is 0 Å². The van der Waals surface area contributed by atoms with Gasteiger partial charge in [0.1, 0.15) is 26.4 Å². The van der Waals surface area contributed by atoms with Crippen molar-refractivity contribution in [2.24, 2.45) is 14.1 Å². The summed E-state index contributed by atoms with van der Waals surface area (Å²) in [4.78, 5) is 11.4. The summed E-state index contributed by atoms with van der Waals surface area (Å²) < 4.78 is 27.1. The molecule has 8 nitrogen and oxygen atoms in total. The fraction of sp³-hybridized carbons (Fsp3) is 0.300. The zero-order chi connectivity index (χ0) is 20.2. The molecular weight excluding hydrogens is 424 g/mol. The van der Waals surface area contributed by atoms with Crippen molar-refractivity contribution < 1.29 is 18.9 Å². The van der Waals surface area contributed by atoms with E-state index in [0.717, 1.165) is 55.8 Å². The van der Waals surface area contributed by atoms with Gasteiger partial charge in [0.15, 0.2) is 34.6 Å². The highest BCUT2D eigenvalue weighted by Crippen LogP contribution is 2.47. The van der Waals surface area contributed by atoms with E-state index in [-0.39, 0.29) is 0 Å². The van der Waals surface area contributed by atoms with Crippen LogP contribution in [0, 0.1) is 0 Å². The third-order valence-corrected chi connectivity index (χ3v) is 7.17. The molecule has 2 aliphatic rings. The number of imidazole rings is 2. The van der Waals surface area contributed by atoms with Gasteiger partial charge in [0.2, 0.25) is 0 Å². The van der Waals surface area contributed by atoms with E-state index in [4.69, 9.17) is 18.9 Å². The quantitative estimate of drug-likeness (QED) is 0.480. The third-order valence-electron chi connectivity index (χ3n) is 5.24. The Morgan fingerprint density at radius 1 is 0.700 bits per heavy atom. The zero-order valence-electron chi connectivity index (χ0n) is 16.4. The van der Waals surface area contributed by atoms with Crippen LogP contribution in [0.15, 0.2) is 23.2 Å². The minimum absolute atomic E-state index is 0.557. The van der Waals surface area contributed by atoms with E-state index in [1.807, 2.05) is 46.4 Å². The molecule has 0 radical (unpaired) electrons. The topological polar surface area (TPSA) is 72.6 Å². The van der Waals surface area contributed by atoms with Gasteiger partial charge in [0.05, 0.1) is 33.5 Å². The van der Waals surface area contributed by atoms with Gasteiger partial charge in [-0.1, -0.05) is 0 Å². The van der Waals surface area contributed by atoms with E-state index >= 15 is 0 Å². The summed E-state index contributed by atoms with van der Waals surface area (Å²) in [5, 5.41) is 3.97. The predicted molar refractivity (Wildman–Crippen MR) is 114 cm³/mol. The number of nitrogens with zero attached hydrogens (tertiary/aromatic N) is 4. The van der Waals surface area contributed by atoms with Gasteiger partial charge in [0.25, 0.3) is 0 Å². The van der Waals surface area contributed by atoms with Crippen LogP contribution in [0.5, 0.6) is 23.0 Å². The van der Waals surface area contributed by atoms with Gasteiger partial charge in [-0.25, -0.2) is 9.97 Å². The number of ether oxygens (including phenoxy) is 4. The van der Waals surface area contributed by atoms with E-state index in [0.29, 0.717) is 26.4 Å². The van der Waals surface area contributed by atoms with Crippen LogP contribution in [0.1, 0.15) is 0 Å². The van der Waals surface area contributed by atoms with Crippen LogP contribution in [0.25, 0.3) is 32.8 Å². The number of aromatic nitrogens is 4. The highest BCUT2D eigenvalue weighted by molar-refractivity contribution is 7.14. The fourth-order valence-electron chi connectivity index (χ4n) is 3.74. The van der Waals surface area contributed by atoms with Crippen molar-refractivity contribution in [3.63, 3.8) is 0 Å². The highest BCUT2D eigenvalue weighted by Gasteiger charge is 2.26. The molecule has 0 saturated heterocycles. The maximum Gasteiger partial charge on any atom is 0.181 e. The lowest BCUT2D eigenvalue weighted by Gasteiger charge is -2.16. The highest BCUT2D eigenvalue weighted by atomic mass is 32.1. The summed E-state index contributed by atoms with van der Waals surface area (Å²) in [7, 11) is 3.98. The summed E-state index contributed by atoms with van der Waals surface area (Å²) in [6, 6.07) is 0. The van der Waals surface area contributed by atoms with Gasteiger partial charge in [-0.15, -0.1) is 22.7 Å². The maximum atomic E-state index is 5.85. The average molecular weight is 443 g/mol. The van der Waals surface area contributed by atoms with E-state index < -0.39 is 0 Å². The van der Waals surface area contributed by atoms with Gasteiger partial charge in [-0.3, -0.25) is 0 Å². The van der Waals surface area contributed by atoms with Gasteiger partial charge in [0, 0.05) is 24.9 Å². The van der Waals surface area contributed by atoms with Gasteiger partial charge >= 0.3 is 0 Å². The summed E-state index contributed by atoms with van der Waals surface area (Å²) in [5.41, 5.74) is 1.94. The largest absolute Gasteiger partial charge is 0.485 e. The first-order chi connectivity index (χ1) is 14.7. The molecule has 30 heavy (non-hydrogen) atoms. The lowest BCUT2D eigenvalue weighted by atomic mass is 10.3. The second-order valence-electron chi connectivity index (χ2n) is 6.96. The van der Waals surface area contributed by atoms with Crippen LogP contribution in [-0.2, 0) is 14.1 Å².